The van der Waals surface area contributed by atoms with Crippen LogP contribution in [0.4, 0.5) is 0 Å². The van der Waals surface area contributed by atoms with Gasteiger partial charge in [-0.05, 0) is 12.6 Å². The summed E-state index contributed by atoms with van der Waals surface area (Å²) in [5.74, 6) is -1.15. The summed E-state index contributed by atoms with van der Waals surface area (Å²) in [7, 11) is -1.31. The quantitative estimate of drug-likeness (QED) is 0.159. The van der Waals surface area contributed by atoms with Gasteiger partial charge in [0.25, 0.3) is 0 Å². The van der Waals surface area contributed by atoms with Gasteiger partial charge in [0.2, 0.25) is 23.6 Å². The molecule has 29 heavy (non-hydrogen) atoms. The van der Waals surface area contributed by atoms with Crippen LogP contribution in [0.2, 0.25) is 12.6 Å². The molecule has 0 saturated carbocycles. The first-order chi connectivity index (χ1) is 13.5. The highest BCUT2D eigenvalue weighted by molar-refractivity contribution is 7.46. The number of nitrogens with one attached hydrogen (secondary N) is 2. The molecule has 12 nitrogen and oxygen atoms in total. The first kappa shape index (κ1) is 27.1. The SMILES string of the molecule is BCC(=O)N(CCNC(=O)CN(CCNC(C)=O)C(=O)CB)CCOP(=O)(O)O. The molecule has 0 spiro atoms. The number of hydrogen-bond acceptors (Lipinski definition) is 6. The Balaban J connectivity index is 4.52. The highest BCUT2D eigenvalue weighted by Crippen LogP contribution is 2.35. The van der Waals surface area contributed by atoms with E-state index in [1.54, 1.807) is 15.7 Å². The molecule has 15 heteroatoms. The summed E-state index contributed by atoms with van der Waals surface area (Å²) in [6.07, 6.45) is 0.400. The number of phosphoric acid groups is 1. The van der Waals surface area contributed by atoms with E-state index in [1.165, 1.54) is 16.7 Å². The topological polar surface area (TPSA) is 166 Å². The van der Waals surface area contributed by atoms with E-state index in [9.17, 15) is 23.7 Å². The molecule has 0 unspecified atom stereocenters. The largest absolute Gasteiger partial charge is 0.469 e. The molecule has 4 N–H and O–H groups in total. The normalized spacial score (nSPS) is 10.9. The summed E-state index contributed by atoms with van der Waals surface area (Å²) in [5.41, 5.74) is 0. The number of amides is 4. The monoisotopic (exact) mass is 434 g/mol. The van der Waals surface area contributed by atoms with Crippen LogP contribution in [-0.4, -0.2) is 105 Å². The summed E-state index contributed by atoms with van der Waals surface area (Å²) in [6, 6.07) is 0. The summed E-state index contributed by atoms with van der Waals surface area (Å²) in [5, 5.41) is 5.16. The minimum atomic E-state index is -4.62. The summed E-state index contributed by atoms with van der Waals surface area (Å²) in [4.78, 5) is 66.9. The van der Waals surface area contributed by atoms with Gasteiger partial charge in [0.15, 0.2) is 0 Å². The van der Waals surface area contributed by atoms with Crippen molar-refractivity contribution in [2.45, 2.75) is 19.6 Å². The molecule has 164 valence electrons. The first-order valence-corrected chi connectivity index (χ1v) is 10.8. The van der Waals surface area contributed by atoms with Gasteiger partial charge < -0.3 is 30.2 Å². The van der Waals surface area contributed by atoms with E-state index in [0.717, 1.165) is 0 Å². The Morgan fingerprint density at radius 3 is 1.97 bits per heavy atom. The Morgan fingerprint density at radius 1 is 0.931 bits per heavy atom. The molecule has 0 aromatic heterocycles. The van der Waals surface area contributed by atoms with E-state index in [4.69, 9.17) is 9.79 Å². The van der Waals surface area contributed by atoms with Gasteiger partial charge in [0.05, 0.1) is 13.2 Å². The van der Waals surface area contributed by atoms with Crippen LogP contribution in [0.3, 0.4) is 0 Å². The van der Waals surface area contributed by atoms with Crippen LogP contribution in [0.15, 0.2) is 0 Å². The number of hydrogen-bond donors (Lipinski definition) is 4. The minimum absolute atomic E-state index is 0.0369. The molecule has 0 aromatic carbocycles. The lowest BCUT2D eigenvalue weighted by atomic mass is 10.0. The van der Waals surface area contributed by atoms with Crippen molar-refractivity contribution in [1.29, 1.82) is 0 Å². The van der Waals surface area contributed by atoms with Crippen molar-refractivity contribution in [2.24, 2.45) is 0 Å². The zero-order valence-corrected chi connectivity index (χ0v) is 17.9. The molecule has 0 saturated heterocycles. The first-order valence-electron chi connectivity index (χ1n) is 9.26. The van der Waals surface area contributed by atoms with E-state index >= 15 is 0 Å². The van der Waals surface area contributed by atoms with Gasteiger partial charge in [0.1, 0.15) is 15.7 Å². The standard InChI is InChI=1S/C14H29B2N4O8P/c1-11(21)17-2-5-20(14(24)9-16)10-12(22)18-3-4-19(13(23)8-15)6-7-28-29(25,26)27/h2-10,15-16H2,1H3,(H,17,21)(H,18,22)(H2,25,26,27). The second-order valence-corrected chi connectivity index (χ2v) is 7.30. The van der Waals surface area contributed by atoms with Crippen LogP contribution in [0.1, 0.15) is 6.92 Å². The fourth-order valence-electron chi connectivity index (χ4n) is 2.30. The number of carbonyl (C=O) groups excluding carboxylic acids is 4. The average Bonchev–Trinajstić information content (AvgIpc) is 2.63. The average molecular weight is 434 g/mol. The van der Waals surface area contributed by atoms with Crippen molar-refractivity contribution in [3.8, 4) is 0 Å². The van der Waals surface area contributed by atoms with Crippen molar-refractivity contribution in [3.05, 3.63) is 0 Å². The molecule has 0 aliphatic carbocycles. The van der Waals surface area contributed by atoms with E-state index in [0.29, 0.717) is 0 Å². The lowest BCUT2D eigenvalue weighted by Gasteiger charge is -2.24. The third kappa shape index (κ3) is 13.9. The number of nitrogens with zero attached hydrogens (tertiary/aromatic N) is 2. The molecule has 0 aromatic rings. The molecule has 0 fully saturated rings. The van der Waals surface area contributed by atoms with Gasteiger partial charge in [-0.3, -0.25) is 23.7 Å². The van der Waals surface area contributed by atoms with Crippen molar-refractivity contribution in [1.82, 2.24) is 20.4 Å². The van der Waals surface area contributed by atoms with E-state index in [1.807, 2.05) is 0 Å². The molecule has 0 heterocycles. The van der Waals surface area contributed by atoms with Crippen LogP contribution in [0.25, 0.3) is 0 Å². The van der Waals surface area contributed by atoms with Crippen LogP contribution >= 0.6 is 7.82 Å². The lowest BCUT2D eigenvalue weighted by Crippen LogP contribution is -2.46. The second-order valence-electron chi connectivity index (χ2n) is 6.06. The fourth-order valence-corrected chi connectivity index (χ4v) is 2.62. The maximum absolute atomic E-state index is 12.1. The molecule has 0 aliphatic rings. The van der Waals surface area contributed by atoms with Gasteiger partial charge in [-0.2, -0.15) is 0 Å². The lowest BCUT2D eigenvalue weighted by molar-refractivity contribution is -0.134. The third-order valence-electron chi connectivity index (χ3n) is 3.73. The van der Waals surface area contributed by atoms with E-state index < -0.39 is 13.7 Å². The molecular formula is C14H29B2N4O8P. The number of phosphoric ester groups is 1. The van der Waals surface area contributed by atoms with Crippen molar-refractivity contribution < 1.29 is 38.1 Å². The van der Waals surface area contributed by atoms with Gasteiger partial charge in [0, 0.05) is 39.6 Å². The van der Waals surface area contributed by atoms with E-state index in [-0.39, 0.29) is 76.2 Å². The van der Waals surface area contributed by atoms with E-state index in [2.05, 4.69) is 15.2 Å². The van der Waals surface area contributed by atoms with Crippen molar-refractivity contribution in [3.63, 3.8) is 0 Å². The molecule has 0 atom stereocenters. The van der Waals surface area contributed by atoms with Gasteiger partial charge in [-0.15, -0.1) is 0 Å². The summed E-state index contributed by atoms with van der Waals surface area (Å²) >= 11 is 0. The van der Waals surface area contributed by atoms with Gasteiger partial charge >= 0.3 is 7.82 Å². The van der Waals surface area contributed by atoms with Crippen LogP contribution in [0, 0.1) is 0 Å². The molecule has 0 radical (unpaired) electrons. The second kappa shape index (κ2) is 14.2. The zero-order chi connectivity index (χ0) is 22.4. The Labute approximate surface area is 171 Å². The Hall–Kier alpha value is -1.88. The zero-order valence-electron chi connectivity index (χ0n) is 17.0. The van der Waals surface area contributed by atoms with Crippen LogP contribution in [-0.2, 0) is 28.3 Å². The predicted octanol–water partition coefficient (Wildman–Crippen LogP) is -3.89. The Morgan fingerprint density at radius 2 is 1.45 bits per heavy atom. The highest BCUT2D eigenvalue weighted by atomic mass is 31.2. The van der Waals surface area contributed by atoms with Crippen molar-refractivity contribution in [2.75, 3.05) is 45.9 Å². The molecule has 0 bridgehead atoms. The molecule has 0 aliphatic heterocycles. The summed E-state index contributed by atoms with van der Waals surface area (Å²) < 4.78 is 15.0. The van der Waals surface area contributed by atoms with Crippen LogP contribution in [0.5, 0.6) is 0 Å². The Bertz CT molecular complexity index is 618. The number of carbonyl (C=O) groups is 4. The smallest absolute Gasteiger partial charge is 0.355 e. The van der Waals surface area contributed by atoms with Crippen molar-refractivity contribution >= 4 is 47.1 Å². The molecule has 4 amide bonds. The maximum atomic E-state index is 12.1. The molecular weight excluding hydrogens is 405 g/mol. The van der Waals surface area contributed by atoms with Crippen LogP contribution < -0.4 is 10.6 Å². The highest BCUT2D eigenvalue weighted by Gasteiger charge is 2.18. The predicted molar refractivity (Wildman–Crippen MR) is 110 cm³/mol. The molecule has 0 rings (SSSR count). The third-order valence-corrected chi connectivity index (χ3v) is 4.24. The van der Waals surface area contributed by atoms with Gasteiger partial charge in [-0.25, -0.2) is 4.57 Å². The van der Waals surface area contributed by atoms with Gasteiger partial charge in [-0.1, -0.05) is 0 Å². The number of rotatable bonds is 14. The fraction of sp³-hybridized carbons (Fsp3) is 0.714. The maximum Gasteiger partial charge on any atom is 0.469 e. The minimum Gasteiger partial charge on any atom is -0.355 e. The summed E-state index contributed by atoms with van der Waals surface area (Å²) in [6.45, 7) is 1.43. The Kier molecular flexibility index (Phi) is 13.2.